The van der Waals surface area contributed by atoms with Crippen molar-refractivity contribution in [2.24, 2.45) is 0 Å². The number of halogens is 1. The molecule has 7 heteroatoms. The summed E-state index contributed by atoms with van der Waals surface area (Å²) in [5, 5.41) is 3.07. The van der Waals surface area contributed by atoms with Crippen molar-refractivity contribution in [1.82, 2.24) is 10.3 Å². The minimum absolute atomic E-state index is 0.0574. The first kappa shape index (κ1) is 20.8. The molecular formula is C24H24FN3O3. The Kier molecular flexibility index (Phi) is 6.11. The molecule has 2 amide bonds. The molecule has 1 N–H and O–H groups in total. The molecule has 4 rings (SSSR count). The van der Waals surface area contributed by atoms with Gasteiger partial charge < -0.3 is 9.73 Å². The fraction of sp³-hybridized carbons (Fsp3) is 0.292. The largest absolute Gasteiger partial charge is 0.459 e. The molecule has 0 saturated heterocycles. The molecule has 3 aromatic rings. The molecule has 1 saturated carbocycles. The lowest BCUT2D eigenvalue weighted by Gasteiger charge is -2.31. The van der Waals surface area contributed by atoms with Crippen molar-refractivity contribution in [2.45, 2.75) is 44.7 Å². The summed E-state index contributed by atoms with van der Waals surface area (Å²) in [5.74, 6) is -1.27. The zero-order valence-corrected chi connectivity index (χ0v) is 17.3. The number of rotatable bonds is 6. The van der Waals surface area contributed by atoms with Gasteiger partial charge in [-0.3, -0.25) is 19.5 Å². The van der Waals surface area contributed by atoms with Crippen LogP contribution in [0.1, 0.15) is 53.4 Å². The Morgan fingerprint density at radius 1 is 1.19 bits per heavy atom. The van der Waals surface area contributed by atoms with E-state index in [9.17, 15) is 14.0 Å². The van der Waals surface area contributed by atoms with Gasteiger partial charge in [-0.1, -0.05) is 25.0 Å². The van der Waals surface area contributed by atoms with Gasteiger partial charge in [-0.2, -0.15) is 0 Å². The van der Waals surface area contributed by atoms with Gasteiger partial charge in [0.1, 0.15) is 11.9 Å². The van der Waals surface area contributed by atoms with E-state index < -0.39 is 17.8 Å². The second-order valence-corrected chi connectivity index (χ2v) is 7.76. The summed E-state index contributed by atoms with van der Waals surface area (Å²) in [4.78, 5) is 32.4. The summed E-state index contributed by atoms with van der Waals surface area (Å²) in [7, 11) is 0. The minimum atomic E-state index is -1.03. The van der Waals surface area contributed by atoms with Crippen LogP contribution >= 0.6 is 0 Å². The molecule has 1 aliphatic carbocycles. The first-order valence-electron chi connectivity index (χ1n) is 10.4. The van der Waals surface area contributed by atoms with E-state index >= 15 is 0 Å². The zero-order chi connectivity index (χ0) is 21.8. The number of nitrogens with one attached hydrogen (secondary N) is 1. The second kappa shape index (κ2) is 9.12. The third kappa shape index (κ3) is 4.50. The van der Waals surface area contributed by atoms with Gasteiger partial charge in [0.2, 0.25) is 5.91 Å². The van der Waals surface area contributed by atoms with Crippen LogP contribution in [0.3, 0.4) is 0 Å². The average Bonchev–Trinajstić information content (AvgIpc) is 3.48. The van der Waals surface area contributed by atoms with Crippen LogP contribution in [0.25, 0.3) is 0 Å². The number of furan rings is 1. The Bertz CT molecular complexity index is 1050. The van der Waals surface area contributed by atoms with Crippen LogP contribution < -0.4 is 10.2 Å². The Balaban J connectivity index is 1.81. The molecule has 1 atom stereocenters. The molecule has 1 aromatic carbocycles. The first-order chi connectivity index (χ1) is 15.0. The third-order valence-corrected chi connectivity index (χ3v) is 5.59. The summed E-state index contributed by atoms with van der Waals surface area (Å²) >= 11 is 0. The molecule has 160 valence electrons. The maximum atomic E-state index is 14.5. The monoisotopic (exact) mass is 421 g/mol. The Morgan fingerprint density at radius 3 is 2.65 bits per heavy atom. The molecule has 1 aliphatic rings. The van der Waals surface area contributed by atoms with E-state index in [0.29, 0.717) is 11.1 Å². The highest BCUT2D eigenvalue weighted by Crippen LogP contribution is 2.31. The highest BCUT2D eigenvalue weighted by atomic mass is 19.1. The summed E-state index contributed by atoms with van der Waals surface area (Å²) in [5.41, 5.74) is 1.24. The van der Waals surface area contributed by atoms with Crippen LogP contribution in [0.15, 0.2) is 65.5 Å². The van der Waals surface area contributed by atoms with Gasteiger partial charge in [0, 0.05) is 29.7 Å². The minimum Gasteiger partial charge on any atom is -0.459 e. The number of anilines is 1. The fourth-order valence-electron chi connectivity index (χ4n) is 3.94. The molecule has 2 aromatic heterocycles. The zero-order valence-electron chi connectivity index (χ0n) is 17.3. The summed E-state index contributed by atoms with van der Waals surface area (Å²) in [6, 6.07) is 10.1. The summed E-state index contributed by atoms with van der Waals surface area (Å²) < 4.78 is 19.8. The van der Waals surface area contributed by atoms with Crippen molar-refractivity contribution in [3.63, 3.8) is 0 Å². The van der Waals surface area contributed by atoms with Gasteiger partial charge >= 0.3 is 0 Å². The van der Waals surface area contributed by atoms with Gasteiger partial charge in [0.25, 0.3) is 5.91 Å². The Labute approximate surface area is 180 Å². The van der Waals surface area contributed by atoms with Crippen molar-refractivity contribution in [3.8, 4) is 0 Å². The number of carbonyl (C=O) groups excluding carboxylic acids is 2. The second-order valence-electron chi connectivity index (χ2n) is 7.76. The van der Waals surface area contributed by atoms with E-state index in [1.807, 2.05) is 0 Å². The number of aryl methyl sites for hydroxylation is 1. The third-order valence-electron chi connectivity index (χ3n) is 5.59. The Hall–Kier alpha value is -3.48. The van der Waals surface area contributed by atoms with Crippen molar-refractivity contribution in [1.29, 1.82) is 0 Å². The summed E-state index contributed by atoms with van der Waals surface area (Å²) in [6.45, 7) is 1.64. The predicted octanol–water partition coefficient (Wildman–Crippen LogP) is 4.57. The van der Waals surface area contributed by atoms with Crippen LogP contribution in [-0.2, 0) is 4.79 Å². The molecule has 0 bridgehead atoms. The SMILES string of the molecule is Cc1ccc(N(C(=O)c2ccco2)[C@@H](C(=O)NC2CCCC2)c2cccnc2)cc1F. The van der Waals surface area contributed by atoms with Gasteiger partial charge in [-0.15, -0.1) is 0 Å². The van der Waals surface area contributed by atoms with Crippen molar-refractivity contribution in [2.75, 3.05) is 4.90 Å². The number of hydrogen-bond donors (Lipinski definition) is 1. The molecular weight excluding hydrogens is 397 g/mol. The number of aromatic nitrogens is 1. The van der Waals surface area contributed by atoms with E-state index in [2.05, 4.69) is 10.3 Å². The number of pyridine rings is 1. The number of hydrogen-bond acceptors (Lipinski definition) is 4. The van der Waals surface area contributed by atoms with E-state index in [0.717, 1.165) is 25.7 Å². The summed E-state index contributed by atoms with van der Waals surface area (Å²) in [6.07, 6.45) is 8.44. The lowest BCUT2D eigenvalue weighted by molar-refractivity contribution is -0.123. The number of carbonyl (C=O) groups is 2. The lowest BCUT2D eigenvalue weighted by atomic mass is 10.0. The standard InChI is InChI=1S/C24H24FN3O3/c1-16-10-11-19(14-20(16)25)28(24(30)21-9-5-13-31-21)22(17-6-4-12-26-15-17)23(29)27-18-7-2-3-8-18/h4-6,9-15,18,22H,2-3,7-8H2,1H3,(H,27,29)/t22-/m1/s1. The van der Waals surface area contributed by atoms with Gasteiger partial charge in [-0.05, 0) is 55.7 Å². The highest BCUT2D eigenvalue weighted by molar-refractivity contribution is 6.08. The normalized spacial score (nSPS) is 14.9. The molecule has 2 heterocycles. The predicted molar refractivity (Wildman–Crippen MR) is 114 cm³/mol. The van der Waals surface area contributed by atoms with Crippen LogP contribution in [0, 0.1) is 12.7 Å². The quantitative estimate of drug-likeness (QED) is 0.633. The van der Waals surface area contributed by atoms with E-state index in [-0.39, 0.29) is 23.4 Å². The van der Waals surface area contributed by atoms with Crippen LogP contribution in [0.4, 0.5) is 10.1 Å². The number of benzene rings is 1. The van der Waals surface area contributed by atoms with E-state index in [4.69, 9.17) is 4.42 Å². The number of nitrogens with zero attached hydrogens (tertiary/aromatic N) is 2. The van der Waals surface area contributed by atoms with E-state index in [1.54, 1.807) is 49.6 Å². The molecule has 0 spiro atoms. The maximum absolute atomic E-state index is 14.5. The molecule has 0 unspecified atom stereocenters. The van der Waals surface area contributed by atoms with Crippen LogP contribution in [0.5, 0.6) is 0 Å². The smallest absolute Gasteiger partial charge is 0.294 e. The molecule has 31 heavy (non-hydrogen) atoms. The number of amides is 2. The lowest BCUT2D eigenvalue weighted by Crippen LogP contribution is -2.46. The van der Waals surface area contributed by atoms with Crippen molar-refractivity contribution in [3.05, 3.63) is 83.8 Å². The van der Waals surface area contributed by atoms with Crippen LogP contribution in [-0.4, -0.2) is 22.8 Å². The molecule has 0 aliphatic heterocycles. The topological polar surface area (TPSA) is 75.4 Å². The molecule has 6 nitrogen and oxygen atoms in total. The van der Waals surface area contributed by atoms with Gasteiger partial charge in [-0.25, -0.2) is 4.39 Å². The van der Waals surface area contributed by atoms with Crippen molar-refractivity contribution < 1.29 is 18.4 Å². The van der Waals surface area contributed by atoms with Crippen molar-refractivity contribution >= 4 is 17.5 Å². The maximum Gasteiger partial charge on any atom is 0.294 e. The first-order valence-corrected chi connectivity index (χ1v) is 10.4. The van der Waals surface area contributed by atoms with Crippen LogP contribution in [0.2, 0.25) is 0 Å². The highest BCUT2D eigenvalue weighted by Gasteiger charge is 2.36. The Morgan fingerprint density at radius 2 is 2.00 bits per heavy atom. The fourth-order valence-corrected chi connectivity index (χ4v) is 3.94. The molecule has 1 fully saturated rings. The van der Waals surface area contributed by atoms with Gasteiger partial charge in [0.15, 0.2) is 5.76 Å². The average molecular weight is 421 g/mol. The molecule has 0 radical (unpaired) electrons. The van der Waals surface area contributed by atoms with Gasteiger partial charge in [0.05, 0.1) is 6.26 Å². The van der Waals surface area contributed by atoms with E-state index in [1.165, 1.54) is 23.3 Å².